The second-order valence-electron chi connectivity index (χ2n) is 7.52. The molecule has 2 aliphatic rings. The van der Waals surface area contributed by atoms with Crippen molar-refractivity contribution in [3.63, 3.8) is 0 Å². The van der Waals surface area contributed by atoms with E-state index in [-0.39, 0.29) is 10.5 Å². The average molecular weight is 454 g/mol. The molecule has 1 saturated heterocycles. The van der Waals surface area contributed by atoms with Crippen molar-refractivity contribution in [3.8, 4) is 17.6 Å². The maximum Gasteiger partial charge on any atom is 0.266 e. The van der Waals surface area contributed by atoms with Gasteiger partial charge < -0.3 is 14.8 Å². The summed E-state index contributed by atoms with van der Waals surface area (Å²) < 4.78 is 38.3. The number of rotatable bonds is 5. The van der Waals surface area contributed by atoms with Gasteiger partial charge in [-0.25, -0.2) is 8.42 Å². The second kappa shape index (κ2) is 9.42. The molecule has 32 heavy (non-hydrogen) atoms. The van der Waals surface area contributed by atoms with Crippen molar-refractivity contribution in [2.75, 3.05) is 31.6 Å². The lowest BCUT2D eigenvalue weighted by Gasteiger charge is -2.26. The standard InChI is InChI=1S/C23H23N3O5S/c24-16-18(13-17-7-8-21-22(14-17)31-12-11-30-21)23(27)25-19-5-4-6-20(15-19)32(28,29)26-9-2-1-3-10-26/h4-8,13-15H,1-3,9-12H2,(H,25,27)/b18-13+. The molecule has 9 heteroatoms. The number of fused-ring (bicyclic) bond motifs is 1. The molecule has 4 rings (SSSR count). The number of hydrogen-bond acceptors (Lipinski definition) is 6. The molecule has 8 nitrogen and oxygen atoms in total. The predicted molar refractivity (Wildman–Crippen MR) is 119 cm³/mol. The zero-order valence-electron chi connectivity index (χ0n) is 17.4. The molecule has 2 aliphatic heterocycles. The Balaban J connectivity index is 1.52. The van der Waals surface area contributed by atoms with Gasteiger partial charge in [0.05, 0.1) is 4.90 Å². The van der Waals surface area contributed by atoms with E-state index in [1.165, 1.54) is 22.5 Å². The van der Waals surface area contributed by atoms with E-state index in [0.29, 0.717) is 49.1 Å². The Bertz CT molecular complexity index is 1190. The molecule has 1 fully saturated rings. The molecule has 2 aromatic rings. The molecule has 0 aliphatic carbocycles. The van der Waals surface area contributed by atoms with Crippen molar-refractivity contribution < 1.29 is 22.7 Å². The lowest BCUT2D eigenvalue weighted by Crippen LogP contribution is -2.35. The minimum Gasteiger partial charge on any atom is -0.486 e. The number of carbonyl (C=O) groups is 1. The number of hydrogen-bond donors (Lipinski definition) is 1. The predicted octanol–water partition coefficient (Wildman–Crippen LogP) is 3.18. The van der Waals surface area contributed by atoms with E-state index in [0.717, 1.165) is 19.3 Å². The van der Waals surface area contributed by atoms with Crippen LogP contribution >= 0.6 is 0 Å². The van der Waals surface area contributed by atoms with E-state index in [4.69, 9.17) is 9.47 Å². The number of nitriles is 1. The highest BCUT2D eigenvalue weighted by atomic mass is 32.2. The van der Waals surface area contributed by atoms with E-state index in [1.54, 1.807) is 30.3 Å². The number of nitrogens with zero attached hydrogens (tertiary/aromatic N) is 2. The third-order valence-corrected chi connectivity index (χ3v) is 7.18. The molecule has 0 saturated carbocycles. The van der Waals surface area contributed by atoms with Crippen molar-refractivity contribution in [2.45, 2.75) is 24.2 Å². The largest absolute Gasteiger partial charge is 0.486 e. The molecule has 166 valence electrons. The molecule has 0 unspecified atom stereocenters. The minimum absolute atomic E-state index is 0.117. The summed E-state index contributed by atoms with van der Waals surface area (Å²) in [6.45, 7) is 1.90. The molecular weight excluding hydrogens is 430 g/mol. The van der Waals surface area contributed by atoms with Gasteiger partial charge in [-0.05, 0) is 54.8 Å². The third-order valence-electron chi connectivity index (χ3n) is 5.29. The zero-order valence-corrected chi connectivity index (χ0v) is 18.2. The van der Waals surface area contributed by atoms with Crippen LogP contribution in [-0.4, -0.2) is 44.9 Å². The smallest absolute Gasteiger partial charge is 0.266 e. The monoisotopic (exact) mass is 453 g/mol. The van der Waals surface area contributed by atoms with Crippen LogP contribution in [0.2, 0.25) is 0 Å². The number of sulfonamides is 1. The highest BCUT2D eigenvalue weighted by Gasteiger charge is 2.26. The Morgan fingerprint density at radius 2 is 1.78 bits per heavy atom. The molecule has 0 spiro atoms. The highest BCUT2D eigenvalue weighted by molar-refractivity contribution is 7.89. The fourth-order valence-electron chi connectivity index (χ4n) is 3.65. The molecular formula is C23H23N3O5S. The van der Waals surface area contributed by atoms with Gasteiger partial charge in [0.15, 0.2) is 11.5 Å². The van der Waals surface area contributed by atoms with E-state index < -0.39 is 15.9 Å². The van der Waals surface area contributed by atoms with Crippen LogP contribution in [0.25, 0.3) is 6.08 Å². The number of piperidine rings is 1. The van der Waals surface area contributed by atoms with Gasteiger partial charge in [-0.3, -0.25) is 4.79 Å². The molecule has 0 radical (unpaired) electrons. The number of benzene rings is 2. The first-order valence-electron chi connectivity index (χ1n) is 10.4. The van der Waals surface area contributed by atoms with E-state index >= 15 is 0 Å². The van der Waals surface area contributed by atoms with E-state index in [2.05, 4.69) is 5.32 Å². The Hall–Kier alpha value is -3.35. The SMILES string of the molecule is N#C/C(=C\c1ccc2c(c1)OCCO2)C(=O)Nc1cccc(S(=O)(=O)N2CCCCC2)c1. The van der Waals surface area contributed by atoms with E-state index in [1.807, 2.05) is 6.07 Å². The fourth-order valence-corrected chi connectivity index (χ4v) is 5.22. The summed E-state index contributed by atoms with van der Waals surface area (Å²) in [5, 5.41) is 12.1. The first kappa shape index (κ1) is 21.9. The van der Waals surface area contributed by atoms with Gasteiger partial charge in [0, 0.05) is 18.8 Å². The third kappa shape index (κ3) is 4.77. The van der Waals surface area contributed by atoms with Crippen molar-refractivity contribution in [1.29, 1.82) is 5.26 Å². The van der Waals surface area contributed by atoms with Crippen molar-refractivity contribution in [3.05, 3.63) is 53.6 Å². The van der Waals surface area contributed by atoms with Crippen LogP contribution in [0.3, 0.4) is 0 Å². The molecule has 2 heterocycles. The number of ether oxygens (including phenoxy) is 2. The Labute approximate surface area is 187 Å². The Kier molecular flexibility index (Phi) is 6.44. The van der Waals surface area contributed by atoms with Crippen LogP contribution in [0, 0.1) is 11.3 Å². The summed E-state index contributed by atoms with van der Waals surface area (Å²) in [4.78, 5) is 12.8. The van der Waals surface area contributed by atoms with Gasteiger partial charge in [-0.1, -0.05) is 18.6 Å². The molecule has 0 aromatic heterocycles. The van der Waals surface area contributed by atoms with Gasteiger partial charge in [-0.2, -0.15) is 9.57 Å². The quantitative estimate of drug-likeness (QED) is 0.550. The maximum atomic E-state index is 12.9. The van der Waals surface area contributed by atoms with Gasteiger partial charge in [0.25, 0.3) is 5.91 Å². The first-order valence-corrected chi connectivity index (χ1v) is 11.8. The summed E-state index contributed by atoms with van der Waals surface area (Å²) in [6.07, 6.45) is 4.15. The molecule has 1 N–H and O–H groups in total. The topological polar surface area (TPSA) is 109 Å². The van der Waals surface area contributed by atoms with Crippen molar-refractivity contribution in [1.82, 2.24) is 4.31 Å². The number of amides is 1. The fraction of sp³-hybridized carbons (Fsp3) is 0.304. The number of nitrogens with one attached hydrogen (secondary N) is 1. The minimum atomic E-state index is -3.63. The summed E-state index contributed by atoms with van der Waals surface area (Å²) in [7, 11) is -3.63. The molecule has 0 bridgehead atoms. The lowest BCUT2D eigenvalue weighted by atomic mass is 10.1. The molecule has 2 aromatic carbocycles. The number of carbonyl (C=O) groups excluding carboxylic acids is 1. The Morgan fingerprint density at radius 3 is 2.53 bits per heavy atom. The highest BCUT2D eigenvalue weighted by Crippen LogP contribution is 2.31. The molecule has 1 amide bonds. The summed E-state index contributed by atoms with van der Waals surface area (Å²) in [5.74, 6) is 0.538. The van der Waals surface area contributed by atoms with Crippen LogP contribution in [0.15, 0.2) is 52.9 Å². The van der Waals surface area contributed by atoms with Crippen molar-refractivity contribution >= 4 is 27.7 Å². The summed E-state index contributed by atoms with van der Waals surface area (Å²) in [6, 6.07) is 13.1. The number of anilines is 1. The summed E-state index contributed by atoms with van der Waals surface area (Å²) >= 11 is 0. The zero-order chi connectivity index (χ0) is 22.6. The Morgan fingerprint density at radius 1 is 1.03 bits per heavy atom. The van der Waals surface area contributed by atoms with Gasteiger partial charge in [0.2, 0.25) is 10.0 Å². The van der Waals surface area contributed by atoms with Gasteiger partial charge in [0.1, 0.15) is 24.9 Å². The summed E-state index contributed by atoms with van der Waals surface area (Å²) in [5.41, 5.74) is 0.796. The van der Waals surface area contributed by atoms with Crippen LogP contribution in [0.1, 0.15) is 24.8 Å². The molecule has 0 atom stereocenters. The maximum absolute atomic E-state index is 12.9. The van der Waals surface area contributed by atoms with Crippen LogP contribution < -0.4 is 14.8 Å². The normalized spacial score (nSPS) is 16.8. The second-order valence-corrected chi connectivity index (χ2v) is 9.46. The van der Waals surface area contributed by atoms with Gasteiger partial charge in [-0.15, -0.1) is 0 Å². The van der Waals surface area contributed by atoms with Crippen LogP contribution in [0.5, 0.6) is 11.5 Å². The average Bonchev–Trinajstić information content (AvgIpc) is 2.83. The van der Waals surface area contributed by atoms with E-state index in [9.17, 15) is 18.5 Å². The first-order chi connectivity index (χ1) is 15.5. The van der Waals surface area contributed by atoms with Gasteiger partial charge >= 0.3 is 0 Å². The van der Waals surface area contributed by atoms with Crippen molar-refractivity contribution in [2.24, 2.45) is 0 Å². The van der Waals surface area contributed by atoms with Crippen LogP contribution in [0.4, 0.5) is 5.69 Å². The van der Waals surface area contributed by atoms with Crippen LogP contribution in [-0.2, 0) is 14.8 Å². The lowest BCUT2D eigenvalue weighted by molar-refractivity contribution is -0.112.